The number of nitrogens with zero attached hydrogens (tertiary/aromatic N) is 2. The molecule has 0 fully saturated rings. The number of unbranched alkanes of at least 4 members (excludes halogenated alkanes) is 1. The lowest BCUT2D eigenvalue weighted by molar-refractivity contribution is 0.303. The molecule has 0 spiro atoms. The monoisotopic (exact) mass is 356 g/mol. The average molecular weight is 356 g/mol. The summed E-state index contributed by atoms with van der Waals surface area (Å²) in [4.78, 5) is 4.87. The van der Waals surface area contributed by atoms with Gasteiger partial charge in [0.25, 0.3) is 0 Å². The zero-order valence-corrected chi connectivity index (χ0v) is 15.6. The second-order valence-corrected chi connectivity index (χ2v) is 6.81. The van der Waals surface area contributed by atoms with Crippen LogP contribution in [0.4, 0.5) is 0 Å². The SMILES string of the molecule is Cc1ccc(OCCCCn2c(-c3ccccc3)nc3ccccc32)cc1. The molecule has 0 radical (unpaired) electrons. The van der Waals surface area contributed by atoms with Crippen molar-refractivity contribution in [3.8, 4) is 17.1 Å². The molecule has 1 aromatic heterocycles. The number of hydrogen-bond acceptors (Lipinski definition) is 2. The Hall–Kier alpha value is -3.07. The van der Waals surface area contributed by atoms with Crippen molar-refractivity contribution in [3.63, 3.8) is 0 Å². The number of benzene rings is 3. The van der Waals surface area contributed by atoms with Crippen LogP contribution in [0.2, 0.25) is 0 Å². The van der Waals surface area contributed by atoms with Crippen molar-refractivity contribution in [1.82, 2.24) is 9.55 Å². The predicted octanol–water partition coefficient (Wildman–Crippen LogP) is 5.87. The molecule has 0 unspecified atom stereocenters. The van der Waals surface area contributed by atoms with E-state index in [1.807, 2.05) is 24.3 Å². The van der Waals surface area contributed by atoms with E-state index < -0.39 is 0 Å². The van der Waals surface area contributed by atoms with Crippen molar-refractivity contribution in [2.75, 3.05) is 6.61 Å². The summed E-state index contributed by atoms with van der Waals surface area (Å²) in [5, 5.41) is 0. The summed E-state index contributed by atoms with van der Waals surface area (Å²) in [6, 6.07) is 27.0. The van der Waals surface area contributed by atoms with Gasteiger partial charge in [-0.1, -0.05) is 60.2 Å². The van der Waals surface area contributed by atoms with Crippen LogP contribution in [0, 0.1) is 6.92 Å². The van der Waals surface area contributed by atoms with E-state index >= 15 is 0 Å². The van der Waals surface area contributed by atoms with Crippen molar-refractivity contribution in [2.45, 2.75) is 26.3 Å². The lowest BCUT2D eigenvalue weighted by atomic mass is 10.2. The lowest BCUT2D eigenvalue weighted by Gasteiger charge is -2.10. The Morgan fingerprint density at radius 2 is 1.56 bits per heavy atom. The molecule has 0 amide bonds. The van der Waals surface area contributed by atoms with Gasteiger partial charge in [-0.3, -0.25) is 0 Å². The first-order valence-corrected chi connectivity index (χ1v) is 9.51. The highest BCUT2D eigenvalue weighted by atomic mass is 16.5. The molecule has 3 nitrogen and oxygen atoms in total. The summed E-state index contributed by atoms with van der Waals surface area (Å²) in [6.45, 7) is 3.75. The van der Waals surface area contributed by atoms with Crippen LogP contribution in [0.1, 0.15) is 18.4 Å². The molecule has 0 aliphatic heterocycles. The molecular weight excluding hydrogens is 332 g/mol. The fourth-order valence-corrected chi connectivity index (χ4v) is 3.31. The van der Waals surface area contributed by atoms with Crippen LogP contribution >= 0.6 is 0 Å². The van der Waals surface area contributed by atoms with Gasteiger partial charge in [-0.25, -0.2) is 4.98 Å². The Bertz CT molecular complexity index is 1000. The molecule has 1 heterocycles. The van der Waals surface area contributed by atoms with Gasteiger partial charge in [0, 0.05) is 12.1 Å². The molecule has 4 rings (SSSR count). The minimum atomic E-state index is 0.733. The predicted molar refractivity (Wildman–Crippen MR) is 111 cm³/mol. The van der Waals surface area contributed by atoms with Crippen molar-refractivity contribution in [1.29, 1.82) is 0 Å². The highest BCUT2D eigenvalue weighted by Gasteiger charge is 2.11. The number of ether oxygens (including phenoxy) is 1. The Balaban J connectivity index is 1.44. The Morgan fingerprint density at radius 3 is 2.37 bits per heavy atom. The van der Waals surface area contributed by atoms with Gasteiger partial charge in [0.2, 0.25) is 0 Å². The van der Waals surface area contributed by atoms with Gasteiger partial charge < -0.3 is 9.30 Å². The van der Waals surface area contributed by atoms with E-state index in [0.29, 0.717) is 0 Å². The molecule has 0 aliphatic carbocycles. The van der Waals surface area contributed by atoms with Crippen LogP contribution in [0.25, 0.3) is 22.4 Å². The first-order chi connectivity index (χ1) is 13.3. The van der Waals surface area contributed by atoms with Gasteiger partial charge in [-0.15, -0.1) is 0 Å². The molecule has 3 heteroatoms. The van der Waals surface area contributed by atoms with Gasteiger partial charge in [0.15, 0.2) is 0 Å². The van der Waals surface area contributed by atoms with Gasteiger partial charge in [0.1, 0.15) is 11.6 Å². The number of imidazole rings is 1. The number of para-hydroxylation sites is 2. The number of aromatic nitrogens is 2. The smallest absolute Gasteiger partial charge is 0.141 e. The maximum Gasteiger partial charge on any atom is 0.141 e. The molecule has 0 saturated carbocycles. The molecular formula is C24H24N2O. The van der Waals surface area contributed by atoms with Crippen molar-refractivity contribution < 1.29 is 4.74 Å². The Kier molecular flexibility index (Phi) is 5.20. The fourth-order valence-electron chi connectivity index (χ4n) is 3.31. The summed E-state index contributed by atoms with van der Waals surface area (Å²) in [5.41, 5.74) is 4.65. The Labute approximate surface area is 160 Å². The molecule has 4 aromatic rings. The summed E-state index contributed by atoms with van der Waals surface area (Å²) in [5.74, 6) is 1.98. The standard InChI is InChI=1S/C24H24N2O/c1-19-13-15-21(16-14-19)27-18-8-7-17-26-23-12-6-5-11-22(23)25-24(26)20-9-3-2-4-10-20/h2-6,9-16H,7-8,17-18H2,1H3. The van der Waals surface area contributed by atoms with Crippen LogP contribution in [0.5, 0.6) is 5.75 Å². The van der Waals surface area contributed by atoms with E-state index in [2.05, 4.69) is 66.1 Å². The second kappa shape index (κ2) is 8.09. The van der Waals surface area contributed by atoms with E-state index in [1.165, 1.54) is 11.1 Å². The van der Waals surface area contributed by atoms with Crippen molar-refractivity contribution in [3.05, 3.63) is 84.4 Å². The van der Waals surface area contributed by atoms with Crippen LogP contribution in [0.15, 0.2) is 78.9 Å². The van der Waals surface area contributed by atoms with Gasteiger partial charge in [-0.05, 0) is 44.0 Å². The van der Waals surface area contributed by atoms with Crippen LogP contribution in [-0.2, 0) is 6.54 Å². The highest BCUT2D eigenvalue weighted by molar-refractivity contribution is 5.80. The van der Waals surface area contributed by atoms with E-state index in [1.54, 1.807) is 0 Å². The topological polar surface area (TPSA) is 27.1 Å². The fraction of sp³-hybridized carbons (Fsp3) is 0.208. The third-order valence-corrected chi connectivity index (χ3v) is 4.75. The summed E-state index contributed by atoms with van der Waals surface area (Å²) in [7, 11) is 0. The van der Waals surface area contributed by atoms with Gasteiger partial charge in [-0.2, -0.15) is 0 Å². The van der Waals surface area contributed by atoms with Gasteiger partial charge >= 0.3 is 0 Å². The first kappa shape index (κ1) is 17.3. The second-order valence-electron chi connectivity index (χ2n) is 6.81. The lowest BCUT2D eigenvalue weighted by Crippen LogP contribution is -2.04. The van der Waals surface area contributed by atoms with Crippen LogP contribution in [0.3, 0.4) is 0 Å². The van der Waals surface area contributed by atoms with E-state index in [9.17, 15) is 0 Å². The van der Waals surface area contributed by atoms with Crippen LogP contribution in [-0.4, -0.2) is 16.2 Å². The largest absolute Gasteiger partial charge is 0.494 e. The molecule has 136 valence electrons. The maximum absolute atomic E-state index is 5.86. The molecule has 0 N–H and O–H groups in total. The van der Waals surface area contributed by atoms with Crippen molar-refractivity contribution in [2.24, 2.45) is 0 Å². The normalized spacial score (nSPS) is 11.0. The zero-order valence-electron chi connectivity index (χ0n) is 15.6. The van der Waals surface area contributed by atoms with E-state index in [0.717, 1.165) is 48.6 Å². The van der Waals surface area contributed by atoms with Gasteiger partial charge in [0.05, 0.1) is 17.6 Å². The van der Waals surface area contributed by atoms with E-state index in [4.69, 9.17) is 9.72 Å². The molecule has 0 saturated heterocycles. The highest BCUT2D eigenvalue weighted by Crippen LogP contribution is 2.25. The third-order valence-electron chi connectivity index (χ3n) is 4.75. The molecule has 27 heavy (non-hydrogen) atoms. The zero-order chi connectivity index (χ0) is 18.5. The third kappa shape index (κ3) is 4.03. The van der Waals surface area contributed by atoms with Crippen molar-refractivity contribution >= 4 is 11.0 Å². The Morgan fingerprint density at radius 1 is 0.815 bits per heavy atom. The number of rotatable bonds is 7. The maximum atomic E-state index is 5.86. The molecule has 0 aliphatic rings. The van der Waals surface area contributed by atoms with Crippen LogP contribution < -0.4 is 4.74 Å². The molecule has 0 bridgehead atoms. The summed E-state index contributed by atoms with van der Waals surface area (Å²) in [6.07, 6.45) is 2.06. The minimum absolute atomic E-state index is 0.733. The minimum Gasteiger partial charge on any atom is -0.494 e. The number of fused-ring (bicyclic) bond motifs is 1. The molecule has 0 atom stereocenters. The molecule has 3 aromatic carbocycles. The first-order valence-electron chi connectivity index (χ1n) is 9.51. The summed E-state index contributed by atoms with van der Waals surface area (Å²) < 4.78 is 8.19. The summed E-state index contributed by atoms with van der Waals surface area (Å²) >= 11 is 0. The quantitative estimate of drug-likeness (QED) is 0.387. The number of hydrogen-bond donors (Lipinski definition) is 0. The average Bonchev–Trinajstić information content (AvgIpc) is 3.08. The number of aryl methyl sites for hydroxylation is 2. The van der Waals surface area contributed by atoms with E-state index in [-0.39, 0.29) is 0 Å².